The van der Waals surface area contributed by atoms with Crippen LogP contribution in [0, 0.1) is 0 Å². The maximum atomic E-state index is 13.7. The van der Waals surface area contributed by atoms with Gasteiger partial charge >= 0.3 is 5.97 Å². The number of carbonyl (C=O) groups excluding carboxylic acids is 2. The second-order valence-corrected chi connectivity index (χ2v) is 8.64. The topological polar surface area (TPSA) is 81.2 Å². The molecule has 2 aromatic carbocycles. The van der Waals surface area contributed by atoms with Gasteiger partial charge in [-0.2, -0.15) is 0 Å². The van der Waals surface area contributed by atoms with E-state index in [0.29, 0.717) is 17.2 Å². The molecule has 1 amide bonds. The number of anilines is 1. The molecule has 33 heavy (non-hydrogen) atoms. The molecule has 0 spiro atoms. The average Bonchev–Trinajstić information content (AvgIpc) is 3.29. The number of amides is 1. The van der Waals surface area contributed by atoms with Gasteiger partial charge in [-0.25, -0.2) is 9.78 Å². The Labute approximate surface area is 196 Å². The van der Waals surface area contributed by atoms with Gasteiger partial charge in [0.1, 0.15) is 5.75 Å². The summed E-state index contributed by atoms with van der Waals surface area (Å²) in [7, 11) is 2.93. The van der Waals surface area contributed by atoms with Crippen molar-refractivity contribution in [1.82, 2.24) is 9.88 Å². The normalized spacial score (nSPS) is 14.2. The van der Waals surface area contributed by atoms with Gasteiger partial charge < -0.3 is 14.2 Å². The van der Waals surface area contributed by atoms with Crippen molar-refractivity contribution < 1.29 is 23.8 Å². The molecular formula is C24H27N3O5S. The van der Waals surface area contributed by atoms with Crippen LogP contribution in [0.2, 0.25) is 0 Å². The molecule has 174 valence electrons. The largest absolute Gasteiger partial charge is 0.497 e. The van der Waals surface area contributed by atoms with Gasteiger partial charge in [0.05, 0.1) is 48.8 Å². The minimum Gasteiger partial charge on any atom is -0.497 e. The third-order valence-electron chi connectivity index (χ3n) is 5.58. The fourth-order valence-electron chi connectivity index (χ4n) is 3.80. The van der Waals surface area contributed by atoms with E-state index in [0.717, 1.165) is 55.2 Å². The predicted octanol–water partition coefficient (Wildman–Crippen LogP) is 3.46. The SMILES string of the molecule is COC(=O)c1ccccc1C(=O)N(CCCN1CCOCC1)c1nc2ccc(OC)cc2s1. The van der Waals surface area contributed by atoms with E-state index in [9.17, 15) is 9.59 Å². The summed E-state index contributed by atoms with van der Waals surface area (Å²) in [5, 5.41) is 0.588. The Morgan fingerprint density at radius 1 is 1.12 bits per heavy atom. The number of esters is 1. The van der Waals surface area contributed by atoms with Crippen molar-refractivity contribution in [2.45, 2.75) is 6.42 Å². The highest BCUT2D eigenvalue weighted by atomic mass is 32.1. The Hall–Kier alpha value is -3.01. The summed E-state index contributed by atoms with van der Waals surface area (Å²) in [6.07, 6.45) is 0.769. The number of fused-ring (bicyclic) bond motifs is 1. The average molecular weight is 470 g/mol. The smallest absolute Gasteiger partial charge is 0.338 e. The molecule has 1 saturated heterocycles. The van der Waals surface area contributed by atoms with Gasteiger partial charge in [0.25, 0.3) is 5.91 Å². The molecule has 0 radical (unpaired) electrons. The number of methoxy groups -OCH3 is 2. The molecule has 0 aliphatic carbocycles. The number of morpholine rings is 1. The number of ether oxygens (including phenoxy) is 3. The van der Waals surface area contributed by atoms with E-state index in [2.05, 4.69) is 4.90 Å². The third kappa shape index (κ3) is 5.32. The molecule has 9 heteroatoms. The number of hydrogen-bond acceptors (Lipinski definition) is 8. The molecule has 4 rings (SSSR count). The van der Waals surface area contributed by atoms with E-state index in [-0.39, 0.29) is 11.5 Å². The minimum atomic E-state index is -0.541. The van der Waals surface area contributed by atoms with Crippen molar-refractivity contribution in [3.8, 4) is 5.75 Å². The molecule has 8 nitrogen and oxygen atoms in total. The number of benzene rings is 2. The van der Waals surface area contributed by atoms with E-state index >= 15 is 0 Å². The fourth-order valence-corrected chi connectivity index (χ4v) is 4.82. The molecular weight excluding hydrogens is 442 g/mol. The van der Waals surface area contributed by atoms with Crippen LogP contribution in [0.15, 0.2) is 42.5 Å². The zero-order chi connectivity index (χ0) is 23.2. The molecule has 1 fully saturated rings. The maximum Gasteiger partial charge on any atom is 0.338 e. The Balaban J connectivity index is 1.64. The van der Waals surface area contributed by atoms with E-state index in [4.69, 9.17) is 19.2 Å². The van der Waals surface area contributed by atoms with Gasteiger partial charge in [0, 0.05) is 26.2 Å². The van der Waals surface area contributed by atoms with Crippen LogP contribution in [-0.4, -0.2) is 75.4 Å². The molecule has 0 atom stereocenters. The molecule has 0 N–H and O–H groups in total. The standard InChI is InChI=1S/C24H27N3O5S/c1-30-17-8-9-20-21(16-17)33-24(25-20)27(11-5-10-26-12-14-32-15-13-26)22(28)18-6-3-4-7-19(18)23(29)31-2/h3-4,6-9,16H,5,10-15H2,1-2H3. The lowest BCUT2D eigenvalue weighted by Gasteiger charge is -2.28. The first kappa shape index (κ1) is 23.2. The van der Waals surface area contributed by atoms with E-state index in [1.54, 1.807) is 36.3 Å². The van der Waals surface area contributed by atoms with Crippen LogP contribution in [0.25, 0.3) is 10.2 Å². The van der Waals surface area contributed by atoms with Crippen LogP contribution in [0.5, 0.6) is 5.75 Å². The van der Waals surface area contributed by atoms with Crippen molar-refractivity contribution in [1.29, 1.82) is 0 Å². The summed E-state index contributed by atoms with van der Waals surface area (Å²) in [4.78, 5) is 34.7. The predicted molar refractivity (Wildman–Crippen MR) is 128 cm³/mol. The van der Waals surface area contributed by atoms with Crippen molar-refractivity contribution in [3.05, 3.63) is 53.6 Å². The zero-order valence-electron chi connectivity index (χ0n) is 18.8. The Morgan fingerprint density at radius 3 is 2.61 bits per heavy atom. The molecule has 2 heterocycles. The molecule has 0 unspecified atom stereocenters. The van der Waals surface area contributed by atoms with Crippen molar-refractivity contribution >= 4 is 38.6 Å². The summed E-state index contributed by atoms with van der Waals surface area (Å²) in [5.41, 5.74) is 1.33. The van der Waals surface area contributed by atoms with Crippen LogP contribution in [-0.2, 0) is 9.47 Å². The summed E-state index contributed by atoms with van der Waals surface area (Å²) in [6.45, 7) is 4.57. The van der Waals surface area contributed by atoms with Gasteiger partial charge in [-0.1, -0.05) is 23.5 Å². The second-order valence-electron chi connectivity index (χ2n) is 7.63. The number of carbonyl (C=O) groups is 2. The summed E-state index contributed by atoms with van der Waals surface area (Å²) in [6, 6.07) is 12.4. The molecule has 0 saturated carbocycles. The molecule has 0 bridgehead atoms. The number of rotatable bonds is 8. The lowest BCUT2D eigenvalue weighted by atomic mass is 10.1. The quantitative estimate of drug-likeness (QED) is 0.467. The summed E-state index contributed by atoms with van der Waals surface area (Å²) >= 11 is 1.43. The van der Waals surface area contributed by atoms with Gasteiger partial charge in [-0.3, -0.25) is 14.6 Å². The van der Waals surface area contributed by atoms with Crippen molar-refractivity contribution in [2.24, 2.45) is 0 Å². The highest BCUT2D eigenvalue weighted by Crippen LogP contribution is 2.32. The first-order valence-electron chi connectivity index (χ1n) is 10.8. The molecule has 1 aliphatic heterocycles. The fraction of sp³-hybridized carbons (Fsp3) is 0.375. The van der Waals surface area contributed by atoms with Crippen LogP contribution in [0.1, 0.15) is 27.1 Å². The lowest BCUT2D eigenvalue weighted by molar-refractivity contribution is 0.0376. The van der Waals surface area contributed by atoms with E-state index < -0.39 is 5.97 Å². The highest BCUT2D eigenvalue weighted by Gasteiger charge is 2.26. The summed E-state index contributed by atoms with van der Waals surface area (Å²) < 4.78 is 16.6. The maximum absolute atomic E-state index is 13.7. The van der Waals surface area contributed by atoms with Gasteiger partial charge in [0.2, 0.25) is 0 Å². The summed E-state index contributed by atoms with van der Waals surface area (Å²) in [5.74, 6) is -0.0795. The Bertz CT molecular complexity index is 1130. The monoisotopic (exact) mass is 469 g/mol. The highest BCUT2D eigenvalue weighted by molar-refractivity contribution is 7.22. The third-order valence-corrected chi connectivity index (χ3v) is 6.62. The van der Waals surface area contributed by atoms with E-state index in [1.807, 2.05) is 18.2 Å². The van der Waals surface area contributed by atoms with Gasteiger partial charge in [-0.15, -0.1) is 0 Å². The van der Waals surface area contributed by atoms with Gasteiger partial charge in [0.15, 0.2) is 5.13 Å². The number of thiazole rings is 1. The van der Waals surface area contributed by atoms with Gasteiger partial charge in [-0.05, 0) is 36.8 Å². The number of hydrogen-bond donors (Lipinski definition) is 0. The lowest BCUT2D eigenvalue weighted by Crippen LogP contribution is -2.39. The molecule has 1 aliphatic rings. The molecule has 1 aromatic heterocycles. The first-order chi connectivity index (χ1) is 16.1. The van der Waals surface area contributed by atoms with E-state index in [1.165, 1.54) is 18.4 Å². The Morgan fingerprint density at radius 2 is 1.88 bits per heavy atom. The first-order valence-corrected chi connectivity index (χ1v) is 11.7. The van der Waals surface area contributed by atoms with Crippen molar-refractivity contribution in [3.63, 3.8) is 0 Å². The second kappa shape index (κ2) is 10.7. The number of nitrogens with zero attached hydrogens (tertiary/aromatic N) is 3. The van der Waals surface area contributed by atoms with Crippen LogP contribution >= 0.6 is 11.3 Å². The van der Waals surface area contributed by atoms with Crippen molar-refractivity contribution in [2.75, 3.05) is 58.5 Å². The number of aromatic nitrogens is 1. The van der Waals surface area contributed by atoms with Crippen LogP contribution in [0.4, 0.5) is 5.13 Å². The van der Waals surface area contributed by atoms with Crippen LogP contribution < -0.4 is 9.64 Å². The minimum absolute atomic E-state index is 0.242. The molecule has 3 aromatic rings. The zero-order valence-corrected chi connectivity index (χ0v) is 19.6. The van der Waals surface area contributed by atoms with Crippen LogP contribution in [0.3, 0.4) is 0 Å². The Kier molecular flexibility index (Phi) is 7.54.